The number of ether oxygens (including phenoxy) is 1. The van der Waals surface area contributed by atoms with Crippen molar-refractivity contribution in [3.63, 3.8) is 0 Å². The summed E-state index contributed by atoms with van der Waals surface area (Å²) in [5.74, 6) is 1.26. The highest BCUT2D eigenvalue weighted by atomic mass is 16.5. The number of ketones is 1. The summed E-state index contributed by atoms with van der Waals surface area (Å²) in [7, 11) is 0. The molecule has 0 amide bonds. The Bertz CT molecular complexity index is 424. The van der Waals surface area contributed by atoms with Crippen LogP contribution in [-0.4, -0.2) is 28.6 Å². The molecule has 98 valence electrons. The lowest BCUT2D eigenvalue weighted by atomic mass is 9.88. The molecule has 2 unspecified atom stereocenters. The summed E-state index contributed by atoms with van der Waals surface area (Å²) in [4.78, 5) is 16.2. The van der Waals surface area contributed by atoms with Crippen molar-refractivity contribution < 1.29 is 14.1 Å². The van der Waals surface area contributed by atoms with Crippen molar-refractivity contribution in [2.24, 2.45) is 0 Å². The molecule has 18 heavy (non-hydrogen) atoms. The molecule has 0 N–H and O–H groups in total. The molecule has 5 nitrogen and oxygen atoms in total. The number of Topliss-reactive ketones (excluding diaryl/α,β-unsaturated/α-hetero) is 1. The molecule has 2 aliphatic rings. The third-order valence-corrected chi connectivity index (χ3v) is 3.77. The van der Waals surface area contributed by atoms with Crippen LogP contribution in [0.3, 0.4) is 0 Å². The molecule has 1 aromatic rings. The first-order valence-corrected chi connectivity index (χ1v) is 6.80. The Hall–Kier alpha value is -1.23. The summed E-state index contributed by atoms with van der Waals surface area (Å²) in [5, 5.41) is 3.97. The Morgan fingerprint density at radius 2 is 2.17 bits per heavy atom. The largest absolute Gasteiger partial charge is 0.378 e. The highest BCUT2D eigenvalue weighted by Crippen LogP contribution is 2.29. The van der Waals surface area contributed by atoms with Gasteiger partial charge in [-0.15, -0.1) is 0 Å². The predicted octanol–water partition coefficient (Wildman–Crippen LogP) is 2.02. The quantitative estimate of drug-likeness (QED) is 0.821. The molecule has 1 saturated carbocycles. The van der Waals surface area contributed by atoms with Crippen molar-refractivity contribution in [3.8, 4) is 0 Å². The first-order chi connectivity index (χ1) is 8.83. The van der Waals surface area contributed by atoms with Crippen molar-refractivity contribution in [3.05, 3.63) is 11.7 Å². The summed E-state index contributed by atoms with van der Waals surface area (Å²) in [6, 6.07) is 0. The number of rotatable bonds is 3. The van der Waals surface area contributed by atoms with E-state index >= 15 is 0 Å². The minimum Gasteiger partial charge on any atom is -0.378 e. The van der Waals surface area contributed by atoms with Crippen LogP contribution in [-0.2, 0) is 16.0 Å². The smallest absolute Gasteiger partial charge is 0.237 e. The highest BCUT2D eigenvalue weighted by Gasteiger charge is 2.29. The summed E-state index contributed by atoms with van der Waals surface area (Å²) < 4.78 is 10.8. The van der Waals surface area contributed by atoms with E-state index in [-0.39, 0.29) is 17.8 Å². The highest BCUT2D eigenvalue weighted by molar-refractivity contribution is 5.85. The first kappa shape index (κ1) is 11.8. The van der Waals surface area contributed by atoms with Crippen LogP contribution in [0.2, 0.25) is 0 Å². The second-order valence-corrected chi connectivity index (χ2v) is 5.15. The molecule has 1 aliphatic heterocycles. The van der Waals surface area contributed by atoms with Gasteiger partial charge >= 0.3 is 0 Å². The van der Waals surface area contributed by atoms with E-state index in [1.54, 1.807) is 0 Å². The maximum atomic E-state index is 11.8. The lowest BCUT2D eigenvalue weighted by Gasteiger charge is -2.16. The van der Waals surface area contributed by atoms with Gasteiger partial charge in [0.1, 0.15) is 5.78 Å². The Balaban J connectivity index is 1.66. The van der Waals surface area contributed by atoms with Gasteiger partial charge < -0.3 is 9.26 Å². The maximum Gasteiger partial charge on any atom is 0.237 e. The van der Waals surface area contributed by atoms with Gasteiger partial charge in [-0.1, -0.05) is 11.6 Å². The van der Waals surface area contributed by atoms with Crippen LogP contribution in [0.15, 0.2) is 4.52 Å². The molecular formula is C13H18N2O3. The molecule has 0 spiro atoms. The SMILES string of the molecule is O=C1CCCCC1c1nc(CC2CCCO2)no1. The van der Waals surface area contributed by atoms with Crippen molar-refractivity contribution in [1.29, 1.82) is 0 Å². The van der Waals surface area contributed by atoms with E-state index in [2.05, 4.69) is 10.1 Å². The fourth-order valence-electron chi connectivity index (χ4n) is 2.74. The van der Waals surface area contributed by atoms with Gasteiger partial charge in [-0.2, -0.15) is 4.98 Å². The third-order valence-electron chi connectivity index (χ3n) is 3.77. The number of nitrogens with zero attached hydrogens (tertiary/aromatic N) is 2. The van der Waals surface area contributed by atoms with Crippen molar-refractivity contribution in [1.82, 2.24) is 10.1 Å². The zero-order chi connectivity index (χ0) is 12.4. The summed E-state index contributed by atoms with van der Waals surface area (Å²) >= 11 is 0. The standard InChI is InChI=1S/C13H18N2O3/c16-11-6-2-1-5-10(11)13-14-12(15-18-13)8-9-4-3-7-17-9/h9-10H,1-8H2. The predicted molar refractivity (Wildman–Crippen MR) is 63.2 cm³/mol. The van der Waals surface area contributed by atoms with Gasteiger partial charge in [-0.3, -0.25) is 4.79 Å². The third kappa shape index (κ3) is 2.46. The minimum absolute atomic E-state index is 0.163. The molecule has 0 bridgehead atoms. The van der Waals surface area contributed by atoms with Crippen LogP contribution in [0.4, 0.5) is 0 Å². The van der Waals surface area contributed by atoms with Gasteiger partial charge in [0.25, 0.3) is 0 Å². The molecule has 2 heterocycles. The molecule has 3 rings (SSSR count). The van der Waals surface area contributed by atoms with E-state index in [4.69, 9.17) is 9.26 Å². The Kier molecular flexibility index (Phi) is 3.41. The van der Waals surface area contributed by atoms with Crippen molar-refractivity contribution in [2.45, 2.75) is 57.0 Å². The second kappa shape index (κ2) is 5.18. The van der Waals surface area contributed by atoms with Crippen LogP contribution in [0.25, 0.3) is 0 Å². The van der Waals surface area contributed by atoms with E-state index in [9.17, 15) is 4.79 Å². The van der Waals surface area contributed by atoms with E-state index in [1.807, 2.05) is 0 Å². The molecule has 0 aromatic carbocycles. The van der Waals surface area contributed by atoms with Crippen molar-refractivity contribution >= 4 is 5.78 Å². The second-order valence-electron chi connectivity index (χ2n) is 5.15. The van der Waals surface area contributed by atoms with Gasteiger partial charge in [0, 0.05) is 19.4 Å². The zero-order valence-electron chi connectivity index (χ0n) is 10.4. The maximum absolute atomic E-state index is 11.8. The van der Waals surface area contributed by atoms with Crippen molar-refractivity contribution in [2.75, 3.05) is 6.61 Å². The molecule has 1 aromatic heterocycles. The molecule has 5 heteroatoms. The molecule has 0 radical (unpaired) electrons. The Morgan fingerprint density at radius 3 is 2.94 bits per heavy atom. The molecular weight excluding hydrogens is 232 g/mol. The first-order valence-electron chi connectivity index (χ1n) is 6.80. The Labute approximate surface area is 106 Å². The zero-order valence-corrected chi connectivity index (χ0v) is 10.4. The molecule has 2 atom stereocenters. The van der Waals surface area contributed by atoms with Gasteiger partial charge in [-0.25, -0.2) is 0 Å². The van der Waals surface area contributed by atoms with Crippen LogP contribution in [0.5, 0.6) is 0 Å². The summed E-state index contributed by atoms with van der Waals surface area (Å²) in [6.07, 6.45) is 6.64. The number of carbonyl (C=O) groups excluding carboxylic acids is 1. The van der Waals surface area contributed by atoms with E-state index < -0.39 is 0 Å². The summed E-state index contributed by atoms with van der Waals surface area (Å²) in [6.45, 7) is 0.830. The Morgan fingerprint density at radius 1 is 1.22 bits per heavy atom. The lowest BCUT2D eigenvalue weighted by molar-refractivity contribution is -0.122. The van der Waals surface area contributed by atoms with Crippen LogP contribution in [0.1, 0.15) is 56.2 Å². The van der Waals surface area contributed by atoms with E-state index in [0.29, 0.717) is 24.6 Å². The normalized spacial score (nSPS) is 28.8. The number of aromatic nitrogens is 2. The van der Waals surface area contributed by atoms with E-state index in [0.717, 1.165) is 38.7 Å². The monoisotopic (exact) mass is 250 g/mol. The van der Waals surface area contributed by atoms with E-state index in [1.165, 1.54) is 0 Å². The van der Waals surface area contributed by atoms with Crippen LogP contribution in [0, 0.1) is 0 Å². The molecule has 2 fully saturated rings. The average Bonchev–Trinajstić information content (AvgIpc) is 3.02. The van der Waals surface area contributed by atoms with Crippen LogP contribution >= 0.6 is 0 Å². The minimum atomic E-state index is -0.163. The van der Waals surface area contributed by atoms with Crippen LogP contribution < -0.4 is 0 Å². The number of hydrogen-bond donors (Lipinski definition) is 0. The van der Waals surface area contributed by atoms with Gasteiger partial charge in [0.05, 0.1) is 12.0 Å². The fourth-order valence-corrected chi connectivity index (χ4v) is 2.74. The number of hydrogen-bond acceptors (Lipinski definition) is 5. The fraction of sp³-hybridized carbons (Fsp3) is 0.769. The van der Waals surface area contributed by atoms with Gasteiger partial charge in [0.15, 0.2) is 5.82 Å². The lowest BCUT2D eigenvalue weighted by Crippen LogP contribution is -2.17. The van der Waals surface area contributed by atoms with Gasteiger partial charge in [0.2, 0.25) is 5.89 Å². The summed E-state index contributed by atoms with van der Waals surface area (Å²) in [5.41, 5.74) is 0. The average molecular weight is 250 g/mol. The molecule has 1 saturated heterocycles. The molecule has 1 aliphatic carbocycles. The van der Waals surface area contributed by atoms with Gasteiger partial charge in [-0.05, 0) is 25.7 Å². The topological polar surface area (TPSA) is 65.2 Å². The number of carbonyl (C=O) groups is 1.